The number of halogens is 2. The monoisotopic (exact) mass is 259 g/mol. The van der Waals surface area contributed by atoms with E-state index >= 15 is 0 Å². The van der Waals surface area contributed by atoms with Crippen LogP contribution in [0, 0.1) is 11.3 Å². The van der Waals surface area contributed by atoms with E-state index in [1.54, 1.807) is 0 Å². The number of rotatable bonds is 3. The second kappa shape index (κ2) is 4.69. The van der Waals surface area contributed by atoms with E-state index in [2.05, 4.69) is 11.9 Å². The minimum absolute atomic E-state index is 0.302. The van der Waals surface area contributed by atoms with E-state index in [9.17, 15) is 8.96 Å². The molecule has 5 heteroatoms. The molecule has 0 bridgehead atoms. The molecule has 2 heterocycles. The van der Waals surface area contributed by atoms with E-state index in [1.165, 1.54) is 0 Å². The summed E-state index contributed by atoms with van der Waals surface area (Å²) in [4.78, 5) is 2.42. The van der Waals surface area contributed by atoms with Crippen molar-refractivity contribution in [3.05, 3.63) is 0 Å². The lowest BCUT2D eigenvalue weighted by molar-refractivity contribution is -0.188. The summed E-state index contributed by atoms with van der Waals surface area (Å²) in [6.07, 6.45) is 4.23. The van der Waals surface area contributed by atoms with E-state index in [0.717, 1.165) is 42.5 Å². The van der Waals surface area contributed by atoms with Crippen LogP contribution in [0.5, 0.6) is 0 Å². The van der Waals surface area contributed by atoms with Gasteiger partial charge in [0.15, 0.2) is 0 Å². The molecule has 18 heavy (non-hydrogen) atoms. The van der Waals surface area contributed by atoms with Gasteiger partial charge in [-0.2, -0.15) is 0 Å². The Kier molecular flexibility index (Phi) is 3.32. The van der Waals surface area contributed by atoms with Crippen LogP contribution in [0.15, 0.2) is 0 Å². The summed E-state index contributed by atoms with van der Waals surface area (Å²) in [6, 6.07) is 0.627. The molecule has 104 valence electrons. The zero-order chi connectivity index (χ0) is 12.8. The molecular weight excluding hydrogens is 236 g/mol. The van der Waals surface area contributed by atoms with Crippen LogP contribution >= 0.6 is 0 Å². The molecule has 3 aliphatic rings. The van der Waals surface area contributed by atoms with Gasteiger partial charge in [0, 0.05) is 44.2 Å². The first-order valence-electron chi connectivity index (χ1n) is 7.08. The Morgan fingerprint density at radius 2 is 1.72 bits per heavy atom. The SMILES string of the molecule is CN(CC1CCN(F)CC1)C1CC2(C1)CN(F)C2. The number of piperidine rings is 1. The minimum atomic E-state index is 0.302. The molecule has 1 aliphatic carbocycles. The van der Waals surface area contributed by atoms with Crippen LogP contribution < -0.4 is 0 Å². The van der Waals surface area contributed by atoms with Crippen LogP contribution in [0.25, 0.3) is 0 Å². The molecule has 1 saturated carbocycles. The summed E-state index contributed by atoms with van der Waals surface area (Å²) in [6.45, 7) is 3.52. The summed E-state index contributed by atoms with van der Waals surface area (Å²) >= 11 is 0. The highest BCUT2D eigenvalue weighted by Gasteiger charge is 2.53. The van der Waals surface area contributed by atoms with Crippen LogP contribution in [-0.4, -0.2) is 61.0 Å². The minimum Gasteiger partial charge on any atom is -0.303 e. The number of hydrogen-bond donors (Lipinski definition) is 0. The topological polar surface area (TPSA) is 9.72 Å². The fourth-order valence-corrected chi connectivity index (χ4v) is 3.83. The molecule has 2 saturated heterocycles. The molecule has 0 radical (unpaired) electrons. The van der Waals surface area contributed by atoms with E-state index in [4.69, 9.17) is 0 Å². The lowest BCUT2D eigenvalue weighted by atomic mass is 9.61. The largest absolute Gasteiger partial charge is 0.303 e. The van der Waals surface area contributed by atoms with Crippen molar-refractivity contribution in [2.75, 3.05) is 39.8 Å². The van der Waals surface area contributed by atoms with Gasteiger partial charge in [-0.15, -0.1) is 19.2 Å². The van der Waals surface area contributed by atoms with E-state index in [-0.39, 0.29) is 0 Å². The van der Waals surface area contributed by atoms with Crippen LogP contribution in [-0.2, 0) is 0 Å². The quantitative estimate of drug-likeness (QED) is 0.716. The van der Waals surface area contributed by atoms with E-state index in [0.29, 0.717) is 43.6 Å². The molecule has 0 aromatic carbocycles. The van der Waals surface area contributed by atoms with Crippen molar-refractivity contribution >= 4 is 0 Å². The van der Waals surface area contributed by atoms with Crippen LogP contribution in [0.3, 0.4) is 0 Å². The van der Waals surface area contributed by atoms with Crippen molar-refractivity contribution in [1.82, 2.24) is 15.1 Å². The average Bonchev–Trinajstić information content (AvgIpc) is 2.24. The van der Waals surface area contributed by atoms with Gasteiger partial charge in [-0.3, -0.25) is 0 Å². The Morgan fingerprint density at radius 3 is 2.28 bits per heavy atom. The van der Waals surface area contributed by atoms with Crippen molar-refractivity contribution in [2.45, 2.75) is 31.7 Å². The lowest BCUT2D eigenvalue weighted by Gasteiger charge is -2.58. The highest BCUT2D eigenvalue weighted by Crippen LogP contribution is 2.50. The maximum Gasteiger partial charge on any atom is 0.0361 e. The maximum absolute atomic E-state index is 12.9. The van der Waals surface area contributed by atoms with Gasteiger partial charge in [-0.1, -0.05) is 0 Å². The highest BCUT2D eigenvalue weighted by atomic mass is 19.2. The Labute approximate surface area is 108 Å². The molecule has 0 unspecified atom stereocenters. The average molecular weight is 259 g/mol. The summed E-state index contributed by atoms with van der Waals surface area (Å²) in [7, 11) is 2.17. The van der Waals surface area contributed by atoms with E-state index in [1.807, 2.05) is 0 Å². The Morgan fingerprint density at radius 1 is 1.11 bits per heavy atom. The Balaban J connectivity index is 1.39. The molecule has 0 atom stereocenters. The normalized spacial score (nSPS) is 30.7. The fraction of sp³-hybridized carbons (Fsp3) is 1.00. The summed E-state index contributed by atoms with van der Waals surface area (Å²) in [5.74, 6) is 0.637. The molecule has 0 N–H and O–H groups in total. The Bertz CT molecular complexity index is 291. The van der Waals surface area contributed by atoms with Gasteiger partial charge in [-0.05, 0) is 38.6 Å². The highest BCUT2D eigenvalue weighted by molar-refractivity contribution is 5.05. The van der Waals surface area contributed by atoms with Gasteiger partial charge >= 0.3 is 0 Å². The predicted molar refractivity (Wildman–Crippen MR) is 66.2 cm³/mol. The second-order valence-corrected chi connectivity index (χ2v) is 6.63. The molecule has 2 aliphatic heterocycles. The molecule has 0 aromatic heterocycles. The molecule has 3 rings (SSSR count). The third-order valence-electron chi connectivity index (χ3n) is 5.08. The van der Waals surface area contributed by atoms with Gasteiger partial charge in [0.05, 0.1) is 0 Å². The molecule has 3 nitrogen and oxygen atoms in total. The van der Waals surface area contributed by atoms with Crippen molar-refractivity contribution in [3.63, 3.8) is 0 Å². The van der Waals surface area contributed by atoms with Crippen molar-refractivity contribution in [3.8, 4) is 0 Å². The second-order valence-electron chi connectivity index (χ2n) is 6.63. The van der Waals surface area contributed by atoms with E-state index < -0.39 is 0 Å². The van der Waals surface area contributed by atoms with Crippen molar-refractivity contribution < 1.29 is 8.96 Å². The van der Waals surface area contributed by atoms with Crippen LogP contribution in [0.1, 0.15) is 25.7 Å². The van der Waals surface area contributed by atoms with Crippen molar-refractivity contribution in [2.24, 2.45) is 11.3 Å². The van der Waals surface area contributed by atoms with Crippen molar-refractivity contribution in [1.29, 1.82) is 0 Å². The lowest BCUT2D eigenvalue weighted by Crippen LogP contribution is -2.64. The summed E-state index contributed by atoms with van der Waals surface area (Å²) in [5.41, 5.74) is 0.302. The fourth-order valence-electron chi connectivity index (χ4n) is 3.83. The first-order chi connectivity index (χ1) is 8.56. The smallest absolute Gasteiger partial charge is 0.0361 e. The maximum atomic E-state index is 12.9. The summed E-state index contributed by atoms with van der Waals surface area (Å²) in [5, 5.41) is 1.85. The van der Waals surface area contributed by atoms with Crippen LogP contribution in [0.4, 0.5) is 8.96 Å². The molecule has 3 fully saturated rings. The third kappa shape index (κ3) is 2.40. The first kappa shape index (κ1) is 12.8. The molecule has 0 aromatic rings. The van der Waals surface area contributed by atoms with Crippen LogP contribution in [0.2, 0.25) is 0 Å². The van der Waals surface area contributed by atoms with Gasteiger partial charge in [0.1, 0.15) is 0 Å². The van der Waals surface area contributed by atoms with Gasteiger partial charge < -0.3 is 4.90 Å². The molecular formula is C13H23F2N3. The molecule has 0 amide bonds. The number of hydrogen-bond acceptors (Lipinski definition) is 3. The van der Waals surface area contributed by atoms with Gasteiger partial charge in [0.25, 0.3) is 0 Å². The summed E-state index contributed by atoms with van der Waals surface area (Å²) < 4.78 is 25.7. The zero-order valence-corrected chi connectivity index (χ0v) is 11.1. The predicted octanol–water partition coefficient (Wildman–Crippen LogP) is 1.86. The zero-order valence-electron chi connectivity index (χ0n) is 11.1. The standard InChI is InChI=1S/C13H23F2N3/c1-16(8-11-2-4-17(14)5-3-11)12-6-13(7-12)9-18(15)10-13/h11-12H,2-10H2,1H3. The third-order valence-corrected chi connectivity index (χ3v) is 5.08. The first-order valence-corrected chi connectivity index (χ1v) is 7.08. The van der Waals surface area contributed by atoms with Gasteiger partial charge in [0.2, 0.25) is 0 Å². The molecule has 1 spiro atoms. The van der Waals surface area contributed by atoms with Gasteiger partial charge in [-0.25, -0.2) is 0 Å². The number of nitrogens with zero attached hydrogens (tertiary/aromatic N) is 3. The Hall–Kier alpha value is -0.260.